The molecule has 1 aliphatic rings. The molecule has 1 aliphatic carbocycles. The van der Waals surface area contributed by atoms with Gasteiger partial charge in [0.05, 0.1) is 12.0 Å². The second kappa shape index (κ2) is 4.79. The summed E-state index contributed by atoms with van der Waals surface area (Å²) in [5.41, 5.74) is 0.837. The highest BCUT2D eigenvalue weighted by Gasteiger charge is 2.23. The minimum Gasteiger partial charge on any atom is -0.386 e. The first-order chi connectivity index (χ1) is 7.27. The van der Waals surface area contributed by atoms with Gasteiger partial charge in [-0.2, -0.15) is 0 Å². The van der Waals surface area contributed by atoms with Gasteiger partial charge in [0.25, 0.3) is 0 Å². The molecule has 1 fully saturated rings. The molecular weight excluding hydrogens is 188 g/mol. The van der Waals surface area contributed by atoms with Gasteiger partial charge >= 0.3 is 0 Å². The Bertz CT molecular complexity index is 300. The van der Waals surface area contributed by atoms with E-state index in [1.807, 2.05) is 17.8 Å². The first kappa shape index (κ1) is 10.7. The summed E-state index contributed by atoms with van der Waals surface area (Å²) in [7, 11) is 1.94. The smallest absolute Gasteiger partial charge is 0.100 e. The van der Waals surface area contributed by atoms with Gasteiger partial charge in [-0.25, -0.2) is 4.98 Å². The van der Waals surface area contributed by atoms with Gasteiger partial charge in [-0.3, -0.25) is 0 Å². The molecule has 0 bridgehead atoms. The number of aliphatic hydroxyl groups excluding tert-OH is 1. The van der Waals surface area contributed by atoms with Crippen LogP contribution in [0.1, 0.15) is 50.3 Å². The van der Waals surface area contributed by atoms with Crippen molar-refractivity contribution < 1.29 is 5.11 Å². The topological polar surface area (TPSA) is 38.0 Å². The number of hydrogen-bond donors (Lipinski definition) is 1. The predicted octanol–water partition coefficient (Wildman–Crippen LogP) is 2.42. The van der Waals surface area contributed by atoms with Crippen molar-refractivity contribution in [3.05, 3.63) is 18.2 Å². The van der Waals surface area contributed by atoms with Crippen molar-refractivity contribution >= 4 is 0 Å². The van der Waals surface area contributed by atoms with Crippen LogP contribution in [0, 0.1) is 5.92 Å². The highest BCUT2D eigenvalue weighted by molar-refractivity contribution is 5.02. The number of hydrogen-bond acceptors (Lipinski definition) is 2. The van der Waals surface area contributed by atoms with Crippen LogP contribution >= 0.6 is 0 Å². The Labute approximate surface area is 91.1 Å². The van der Waals surface area contributed by atoms with Crippen LogP contribution < -0.4 is 0 Å². The maximum atomic E-state index is 10.2. The summed E-state index contributed by atoms with van der Waals surface area (Å²) in [5.74, 6) is 0.419. The molecule has 0 aliphatic heterocycles. The maximum Gasteiger partial charge on any atom is 0.100 e. The van der Waals surface area contributed by atoms with Gasteiger partial charge in [0, 0.05) is 13.2 Å². The molecule has 1 heterocycles. The lowest BCUT2D eigenvalue weighted by molar-refractivity contribution is 0.0951. The zero-order valence-corrected chi connectivity index (χ0v) is 9.39. The third-order valence-corrected chi connectivity index (χ3v) is 3.37. The molecule has 1 atom stereocenters. The second-order valence-corrected chi connectivity index (χ2v) is 4.66. The molecule has 0 aromatic carbocycles. The Hall–Kier alpha value is -0.830. The normalized spacial score (nSPS) is 21.2. The summed E-state index contributed by atoms with van der Waals surface area (Å²) >= 11 is 0. The fraction of sp³-hybridized carbons (Fsp3) is 0.750. The molecule has 1 aromatic heterocycles. The van der Waals surface area contributed by atoms with Crippen molar-refractivity contribution in [2.24, 2.45) is 13.0 Å². The van der Waals surface area contributed by atoms with Crippen molar-refractivity contribution in [3.8, 4) is 0 Å². The Kier molecular flexibility index (Phi) is 3.41. The van der Waals surface area contributed by atoms with Crippen LogP contribution in [-0.2, 0) is 7.05 Å². The number of imidazole rings is 1. The van der Waals surface area contributed by atoms with E-state index in [9.17, 15) is 5.11 Å². The summed E-state index contributed by atoms with van der Waals surface area (Å²) in [4.78, 5) is 4.23. The first-order valence-corrected chi connectivity index (χ1v) is 5.93. The highest BCUT2D eigenvalue weighted by Crippen LogP contribution is 2.32. The van der Waals surface area contributed by atoms with Gasteiger partial charge in [0.2, 0.25) is 0 Å². The summed E-state index contributed by atoms with van der Waals surface area (Å²) in [5, 5.41) is 10.2. The van der Waals surface area contributed by atoms with Crippen LogP contribution in [0.2, 0.25) is 0 Å². The minimum atomic E-state index is -0.357. The van der Waals surface area contributed by atoms with Gasteiger partial charge in [-0.15, -0.1) is 0 Å². The van der Waals surface area contributed by atoms with Crippen LogP contribution in [0.4, 0.5) is 0 Å². The fourth-order valence-electron chi connectivity index (χ4n) is 2.45. The Morgan fingerprint density at radius 3 is 2.53 bits per heavy atom. The third-order valence-electron chi connectivity index (χ3n) is 3.37. The third kappa shape index (κ3) is 2.59. The highest BCUT2D eigenvalue weighted by atomic mass is 16.3. The summed E-state index contributed by atoms with van der Waals surface area (Å²) in [6.07, 6.45) is 10.8. The Morgan fingerprint density at radius 1 is 1.33 bits per heavy atom. The van der Waals surface area contributed by atoms with E-state index < -0.39 is 0 Å². The average molecular weight is 208 g/mol. The quantitative estimate of drug-likeness (QED) is 0.758. The molecule has 1 N–H and O–H groups in total. The van der Waals surface area contributed by atoms with E-state index in [0.717, 1.165) is 18.5 Å². The second-order valence-electron chi connectivity index (χ2n) is 4.66. The molecule has 1 aromatic rings. The fourth-order valence-corrected chi connectivity index (χ4v) is 2.45. The van der Waals surface area contributed by atoms with E-state index in [0.29, 0.717) is 5.92 Å². The lowest BCUT2D eigenvalue weighted by atomic mass is 9.92. The van der Waals surface area contributed by atoms with Crippen LogP contribution in [-0.4, -0.2) is 14.7 Å². The molecule has 0 radical (unpaired) electrons. The molecule has 3 nitrogen and oxygen atoms in total. The van der Waals surface area contributed by atoms with Gasteiger partial charge in [-0.05, 0) is 18.8 Å². The molecule has 1 saturated carbocycles. The molecule has 84 valence electrons. The summed E-state index contributed by atoms with van der Waals surface area (Å²) in [6.45, 7) is 0. The van der Waals surface area contributed by atoms with E-state index in [1.54, 1.807) is 6.33 Å². The van der Waals surface area contributed by atoms with E-state index in [-0.39, 0.29) is 6.10 Å². The number of aromatic nitrogens is 2. The Morgan fingerprint density at radius 2 is 2.00 bits per heavy atom. The van der Waals surface area contributed by atoms with Gasteiger partial charge in [0.15, 0.2) is 0 Å². The van der Waals surface area contributed by atoms with E-state index in [2.05, 4.69) is 4.98 Å². The molecule has 0 spiro atoms. The van der Waals surface area contributed by atoms with E-state index >= 15 is 0 Å². The molecule has 3 heteroatoms. The first-order valence-electron chi connectivity index (χ1n) is 5.93. The molecular formula is C12H20N2O. The minimum absolute atomic E-state index is 0.357. The van der Waals surface area contributed by atoms with Crippen molar-refractivity contribution in [1.29, 1.82) is 0 Å². The van der Waals surface area contributed by atoms with E-state index in [4.69, 9.17) is 0 Å². The lowest BCUT2D eigenvalue weighted by Gasteiger charge is -2.19. The number of rotatable bonds is 2. The van der Waals surface area contributed by atoms with Gasteiger partial charge in [0.1, 0.15) is 6.10 Å². The van der Waals surface area contributed by atoms with Crippen LogP contribution in [0.15, 0.2) is 12.5 Å². The van der Waals surface area contributed by atoms with Crippen molar-refractivity contribution in [3.63, 3.8) is 0 Å². The zero-order chi connectivity index (χ0) is 10.7. The summed E-state index contributed by atoms with van der Waals surface area (Å²) < 4.78 is 1.90. The largest absolute Gasteiger partial charge is 0.386 e. The van der Waals surface area contributed by atoms with Gasteiger partial charge in [-0.1, -0.05) is 25.7 Å². The Balaban J connectivity index is 2.02. The molecule has 0 amide bonds. The van der Waals surface area contributed by atoms with Crippen molar-refractivity contribution in [1.82, 2.24) is 9.55 Å². The van der Waals surface area contributed by atoms with Crippen LogP contribution in [0.25, 0.3) is 0 Å². The molecule has 1 unspecified atom stereocenters. The SMILES string of the molecule is Cn1cnc(C(O)C2CCCCCC2)c1. The molecule has 2 rings (SSSR count). The number of aliphatic hydroxyl groups is 1. The number of nitrogens with zero attached hydrogens (tertiary/aromatic N) is 2. The average Bonchev–Trinajstić information content (AvgIpc) is 2.53. The van der Waals surface area contributed by atoms with Crippen molar-refractivity contribution in [2.45, 2.75) is 44.6 Å². The standard InChI is InChI=1S/C12H20N2O/c1-14-8-11(13-9-14)12(15)10-6-4-2-3-5-7-10/h8-10,12,15H,2-7H2,1H3. The van der Waals surface area contributed by atoms with E-state index in [1.165, 1.54) is 25.7 Å². The molecule has 0 saturated heterocycles. The zero-order valence-electron chi connectivity index (χ0n) is 9.39. The van der Waals surface area contributed by atoms with Gasteiger partial charge < -0.3 is 9.67 Å². The predicted molar refractivity (Wildman–Crippen MR) is 59.4 cm³/mol. The van der Waals surface area contributed by atoms with Crippen LogP contribution in [0.3, 0.4) is 0 Å². The van der Waals surface area contributed by atoms with Crippen molar-refractivity contribution in [2.75, 3.05) is 0 Å². The molecule has 15 heavy (non-hydrogen) atoms. The van der Waals surface area contributed by atoms with Crippen LogP contribution in [0.5, 0.6) is 0 Å². The lowest BCUT2D eigenvalue weighted by Crippen LogP contribution is -2.12. The maximum absolute atomic E-state index is 10.2. The number of aryl methyl sites for hydroxylation is 1. The monoisotopic (exact) mass is 208 g/mol. The summed E-state index contributed by atoms with van der Waals surface area (Å²) in [6, 6.07) is 0.